The van der Waals surface area contributed by atoms with Crippen molar-refractivity contribution in [2.75, 3.05) is 6.61 Å². The number of rotatable bonds is 4. The lowest BCUT2D eigenvalue weighted by Gasteiger charge is -2.13. The van der Waals surface area contributed by atoms with E-state index in [1.54, 1.807) is 0 Å². The zero-order valence-corrected chi connectivity index (χ0v) is 12.5. The first-order valence-corrected chi connectivity index (χ1v) is 8.06. The maximum absolute atomic E-state index is 11.9. The molecule has 0 amide bonds. The maximum atomic E-state index is 11.9. The van der Waals surface area contributed by atoms with E-state index in [9.17, 15) is 4.79 Å². The number of hydrogen-bond acceptors (Lipinski definition) is 5. The van der Waals surface area contributed by atoms with Gasteiger partial charge in [0, 0.05) is 5.69 Å². The van der Waals surface area contributed by atoms with Gasteiger partial charge in [-0.3, -0.25) is 0 Å². The molecule has 0 fully saturated rings. The van der Waals surface area contributed by atoms with Gasteiger partial charge in [0.2, 0.25) is 5.01 Å². The van der Waals surface area contributed by atoms with Gasteiger partial charge in [0.1, 0.15) is 10.3 Å². The molecule has 1 aliphatic rings. The van der Waals surface area contributed by atoms with Crippen molar-refractivity contribution < 1.29 is 9.53 Å². The second-order valence-corrected chi connectivity index (χ2v) is 6.11. The molecule has 0 aliphatic heterocycles. The minimum absolute atomic E-state index is 0.320. The lowest BCUT2D eigenvalue weighted by Crippen LogP contribution is -2.05. The molecule has 3 rings (SSSR count). The van der Waals surface area contributed by atoms with Gasteiger partial charge in [0.05, 0.1) is 6.61 Å². The lowest BCUT2D eigenvalue weighted by molar-refractivity contribution is 0.0499. The predicted octanol–water partition coefficient (Wildman–Crippen LogP) is 3.53. The predicted molar refractivity (Wildman–Crippen MR) is 79.2 cm³/mol. The highest BCUT2D eigenvalue weighted by Crippen LogP contribution is 2.27. The first-order valence-electron chi connectivity index (χ1n) is 7.24. The maximum Gasteiger partial charge on any atom is 0.367 e. The third-order valence-corrected chi connectivity index (χ3v) is 4.51. The molecule has 0 aromatic carbocycles. The number of aryl methyl sites for hydroxylation is 2. The topological polar surface area (TPSA) is 52.1 Å². The van der Waals surface area contributed by atoms with Crippen LogP contribution in [0.3, 0.4) is 0 Å². The summed E-state index contributed by atoms with van der Waals surface area (Å²) in [6.45, 7) is 2.54. The second kappa shape index (κ2) is 5.87. The number of aromatic nitrogens is 2. The molecule has 0 saturated carbocycles. The Bertz CT molecular complexity index is 593. The van der Waals surface area contributed by atoms with E-state index in [0.717, 1.165) is 36.0 Å². The highest BCUT2D eigenvalue weighted by atomic mass is 32.1. The molecule has 0 unspecified atom stereocenters. The van der Waals surface area contributed by atoms with Crippen LogP contribution >= 0.6 is 11.3 Å². The van der Waals surface area contributed by atoms with Gasteiger partial charge in [0.25, 0.3) is 0 Å². The first kappa shape index (κ1) is 13.5. The van der Waals surface area contributed by atoms with Crippen molar-refractivity contribution in [1.29, 1.82) is 0 Å². The van der Waals surface area contributed by atoms with E-state index in [1.165, 1.54) is 35.4 Å². The van der Waals surface area contributed by atoms with Crippen LogP contribution in [0.1, 0.15) is 53.7 Å². The fraction of sp³-hybridized carbons (Fsp3) is 0.533. The van der Waals surface area contributed by atoms with E-state index in [1.807, 2.05) is 0 Å². The fourth-order valence-corrected chi connectivity index (χ4v) is 3.27. The second-order valence-electron chi connectivity index (χ2n) is 5.13. The van der Waals surface area contributed by atoms with Gasteiger partial charge in [-0.25, -0.2) is 14.8 Å². The third-order valence-electron chi connectivity index (χ3n) is 3.57. The molecule has 2 heterocycles. The summed E-state index contributed by atoms with van der Waals surface area (Å²) in [5, 5.41) is 0.422. The van der Waals surface area contributed by atoms with E-state index in [2.05, 4.69) is 23.0 Å². The van der Waals surface area contributed by atoms with Crippen molar-refractivity contribution in [1.82, 2.24) is 9.97 Å². The van der Waals surface area contributed by atoms with Gasteiger partial charge < -0.3 is 4.74 Å². The normalized spacial score (nSPS) is 14.2. The van der Waals surface area contributed by atoms with E-state index in [4.69, 9.17) is 4.74 Å². The smallest absolute Gasteiger partial charge is 0.367 e. The van der Waals surface area contributed by atoms with Crippen LogP contribution in [-0.4, -0.2) is 22.5 Å². The van der Waals surface area contributed by atoms with Crippen LogP contribution in [0.15, 0.2) is 6.07 Å². The summed E-state index contributed by atoms with van der Waals surface area (Å²) in [6, 6.07) is 2.09. The van der Waals surface area contributed by atoms with Crippen molar-refractivity contribution >= 4 is 27.7 Å². The molecule has 0 bridgehead atoms. The van der Waals surface area contributed by atoms with Gasteiger partial charge in [-0.2, -0.15) is 0 Å². The summed E-state index contributed by atoms with van der Waals surface area (Å²) in [5.41, 5.74) is 3.30. The number of thiazole rings is 1. The molecule has 2 aromatic heterocycles. The Kier molecular flexibility index (Phi) is 3.96. The standard InChI is InChI=1S/C15H18N2O2S/c1-2-3-8-19-15(18)14-17-12-9-10-6-4-5-7-11(10)16-13(12)20-14/h9H,2-8H2,1H3. The van der Waals surface area contributed by atoms with Crippen LogP contribution in [0.2, 0.25) is 0 Å². The average molecular weight is 290 g/mol. The molecule has 106 valence electrons. The van der Waals surface area contributed by atoms with Crippen LogP contribution in [0.25, 0.3) is 10.3 Å². The Morgan fingerprint density at radius 3 is 3.05 bits per heavy atom. The van der Waals surface area contributed by atoms with Crippen LogP contribution in [0, 0.1) is 0 Å². The number of pyridine rings is 1. The zero-order chi connectivity index (χ0) is 13.9. The van der Waals surface area contributed by atoms with Gasteiger partial charge in [0.15, 0.2) is 0 Å². The molecule has 0 saturated heterocycles. The van der Waals surface area contributed by atoms with Crippen molar-refractivity contribution in [3.05, 3.63) is 22.3 Å². The van der Waals surface area contributed by atoms with Gasteiger partial charge in [-0.1, -0.05) is 24.7 Å². The number of fused-ring (bicyclic) bond motifs is 2. The summed E-state index contributed by atoms with van der Waals surface area (Å²) in [7, 11) is 0. The van der Waals surface area contributed by atoms with E-state index >= 15 is 0 Å². The summed E-state index contributed by atoms with van der Waals surface area (Å²) in [5.74, 6) is -0.320. The number of carbonyl (C=O) groups excluding carboxylic acids is 1. The van der Waals surface area contributed by atoms with E-state index in [-0.39, 0.29) is 5.97 Å². The summed E-state index contributed by atoms with van der Waals surface area (Å²) >= 11 is 1.34. The molecule has 0 radical (unpaired) electrons. The van der Waals surface area contributed by atoms with E-state index in [0.29, 0.717) is 11.6 Å². The van der Waals surface area contributed by atoms with Crippen LogP contribution in [0.4, 0.5) is 0 Å². The molecule has 1 aliphatic carbocycles. The largest absolute Gasteiger partial charge is 0.460 e. The summed E-state index contributed by atoms with van der Waals surface area (Å²) in [4.78, 5) is 21.8. The molecular formula is C15H18N2O2S. The highest BCUT2D eigenvalue weighted by Gasteiger charge is 2.18. The van der Waals surface area contributed by atoms with Crippen molar-refractivity contribution in [2.45, 2.75) is 45.4 Å². The van der Waals surface area contributed by atoms with Crippen LogP contribution < -0.4 is 0 Å². The van der Waals surface area contributed by atoms with Crippen molar-refractivity contribution in [2.24, 2.45) is 0 Å². The van der Waals surface area contributed by atoms with Crippen molar-refractivity contribution in [3.63, 3.8) is 0 Å². The van der Waals surface area contributed by atoms with E-state index < -0.39 is 0 Å². The fourth-order valence-electron chi connectivity index (χ4n) is 2.44. The highest BCUT2D eigenvalue weighted by molar-refractivity contribution is 7.19. The number of ether oxygens (including phenoxy) is 1. The quantitative estimate of drug-likeness (QED) is 0.638. The van der Waals surface area contributed by atoms with Crippen molar-refractivity contribution in [3.8, 4) is 0 Å². The Hall–Kier alpha value is -1.49. The van der Waals surface area contributed by atoms with Crippen LogP contribution in [0.5, 0.6) is 0 Å². The minimum atomic E-state index is -0.320. The molecule has 2 aromatic rings. The van der Waals surface area contributed by atoms with Gasteiger partial charge in [-0.05, 0) is 43.7 Å². The monoisotopic (exact) mass is 290 g/mol. The number of unbranched alkanes of at least 4 members (excludes halogenated alkanes) is 1. The summed E-state index contributed by atoms with van der Waals surface area (Å²) in [6.07, 6.45) is 6.45. The van der Waals surface area contributed by atoms with Crippen LogP contribution in [-0.2, 0) is 17.6 Å². The molecular weight excluding hydrogens is 272 g/mol. The first-order chi connectivity index (χ1) is 9.78. The summed E-state index contributed by atoms with van der Waals surface area (Å²) < 4.78 is 5.20. The average Bonchev–Trinajstić information content (AvgIpc) is 2.87. The number of carbonyl (C=O) groups is 1. The molecule has 5 heteroatoms. The Morgan fingerprint density at radius 1 is 1.35 bits per heavy atom. The third kappa shape index (κ3) is 2.68. The zero-order valence-electron chi connectivity index (χ0n) is 11.6. The SMILES string of the molecule is CCCCOC(=O)c1nc2cc3c(nc2s1)CCCC3. The molecule has 0 spiro atoms. The molecule has 0 atom stereocenters. The Morgan fingerprint density at radius 2 is 2.20 bits per heavy atom. The minimum Gasteiger partial charge on any atom is -0.460 e. The molecule has 20 heavy (non-hydrogen) atoms. The Balaban J connectivity index is 1.85. The number of nitrogens with zero attached hydrogens (tertiary/aromatic N) is 2. The number of esters is 1. The Labute approximate surface area is 122 Å². The molecule has 4 nitrogen and oxygen atoms in total. The van der Waals surface area contributed by atoms with Gasteiger partial charge in [-0.15, -0.1) is 0 Å². The lowest BCUT2D eigenvalue weighted by atomic mass is 9.96. The molecule has 0 N–H and O–H groups in total. The number of hydrogen-bond donors (Lipinski definition) is 0. The van der Waals surface area contributed by atoms with Gasteiger partial charge >= 0.3 is 5.97 Å².